The van der Waals surface area contributed by atoms with Crippen LogP contribution in [0.1, 0.15) is 55.3 Å². The van der Waals surface area contributed by atoms with Gasteiger partial charge >= 0.3 is 5.69 Å². The summed E-state index contributed by atoms with van der Waals surface area (Å²) in [6, 6.07) is 17.2. The molecule has 0 unspecified atom stereocenters. The van der Waals surface area contributed by atoms with Gasteiger partial charge in [-0.3, -0.25) is 9.59 Å². The van der Waals surface area contributed by atoms with E-state index in [2.05, 4.69) is 0 Å². The number of aromatic hydroxyl groups is 1. The molecule has 0 saturated heterocycles. The highest BCUT2D eigenvalue weighted by molar-refractivity contribution is 5.98. The number of nitrogens with zero attached hydrogens (tertiary/aromatic N) is 2. The molecule has 0 radical (unpaired) electrons. The highest BCUT2D eigenvalue weighted by Crippen LogP contribution is 2.61. The fraction of sp³-hybridized carbons (Fsp3) is 0.393. The van der Waals surface area contributed by atoms with E-state index in [-0.39, 0.29) is 23.2 Å². The summed E-state index contributed by atoms with van der Waals surface area (Å²) in [6.07, 6.45) is 7.11. The van der Waals surface area contributed by atoms with E-state index in [4.69, 9.17) is 0 Å². The van der Waals surface area contributed by atoms with Gasteiger partial charge in [-0.05, 0) is 86.0 Å². The van der Waals surface area contributed by atoms with Gasteiger partial charge in [0, 0.05) is 6.42 Å². The van der Waals surface area contributed by atoms with Crippen LogP contribution >= 0.6 is 0 Å². The van der Waals surface area contributed by atoms with Gasteiger partial charge in [0.1, 0.15) is 5.56 Å². The Balaban J connectivity index is 1.50. The average molecular weight is 457 g/mol. The van der Waals surface area contributed by atoms with Crippen molar-refractivity contribution in [1.82, 2.24) is 9.13 Å². The fourth-order valence-electron chi connectivity index (χ4n) is 7.39. The SMILES string of the molecule is O=C(CC12CC3CC(CC(C3)C1)C2)c1c(O)n(-c2ccccc2)c(=O)n(-c2ccccc2)c1=O. The van der Waals surface area contributed by atoms with Gasteiger partial charge in [-0.1, -0.05) is 36.4 Å². The quantitative estimate of drug-likeness (QED) is 0.574. The first-order chi connectivity index (χ1) is 16.4. The Morgan fingerprint density at radius 1 is 0.794 bits per heavy atom. The molecule has 0 aliphatic heterocycles. The molecule has 0 atom stereocenters. The minimum absolute atomic E-state index is 0.0873. The molecule has 0 spiro atoms. The van der Waals surface area contributed by atoms with Crippen molar-refractivity contribution in [3.05, 3.63) is 87.1 Å². The van der Waals surface area contributed by atoms with Crippen LogP contribution in [-0.2, 0) is 0 Å². The maximum absolute atomic E-state index is 13.8. The molecule has 34 heavy (non-hydrogen) atoms. The number of para-hydroxylation sites is 2. The number of hydrogen-bond acceptors (Lipinski definition) is 4. The first-order valence-electron chi connectivity index (χ1n) is 12.2. The molecule has 4 aliphatic rings. The Hall–Kier alpha value is -3.41. The third kappa shape index (κ3) is 3.35. The molecule has 4 aliphatic carbocycles. The molecule has 1 aromatic heterocycles. The van der Waals surface area contributed by atoms with Gasteiger partial charge in [0.15, 0.2) is 5.78 Å². The van der Waals surface area contributed by atoms with Crippen LogP contribution in [-0.4, -0.2) is 20.0 Å². The van der Waals surface area contributed by atoms with Crippen LogP contribution in [0.25, 0.3) is 11.4 Å². The zero-order chi connectivity index (χ0) is 23.4. The average Bonchev–Trinajstić information content (AvgIpc) is 2.79. The number of rotatable bonds is 5. The van der Waals surface area contributed by atoms with Gasteiger partial charge in [-0.25, -0.2) is 13.9 Å². The third-order valence-electron chi connectivity index (χ3n) is 8.24. The molecule has 1 N–H and O–H groups in total. The van der Waals surface area contributed by atoms with Gasteiger partial charge in [-0.2, -0.15) is 0 Å². The van der Waals surface area contributed by atoms with Crippen molar-refractivity contribution in [2.24, 2.45) is 23.2 Å². The van der Waals surface area contributed by atoms with Gasteiger partial charge in [0.25, 0.3) is 5.56 Å². The number of benzene rings is 2. The lowest BCUT2D eigenvalue weighted by molar-refractivity contribution is -0.0524. The van der Waals surface area contributed by atoms with Crippen LogP contribution in [0.5, 0.6) is 5.88 Å². The van der Waals surface area contributed by atoms with Crippen LogP contribution in [0.15, 0.2) is 70.3 Å². The second kappa shape index (κ2) is 7.83. The van der Waals surface area contributed by atoms with Crippen molar-refractivity contribution in [2.75, 3.05) is 0 Å². The van der Waals surface area contributed by atoms with Crippen LogP contribution < -0.4 is 11.2 Å². The Morgan fingerprint density at radius 2 is 1.26 bits per heavy atom. The lowest BCUT2D eigenvalue weighted by atomic mass is 9.48. The Labute approximate surface area is 197 Å². The first kappa shape index (κ1) is 21.1. The van der Waals surface area contributed by atoms with Crippen molar-refractivity contribution in [3.63, 3.8) is 0 Å². The normalized spacial score (nSPS) is 27.1. The summed E-state index contributed by atoms with van der Waals surface area (Å²) in [5.41, 5.74) is -1.06. The minimum atomic E-state index is -0.754. The summed E-state index contributed by atoms with van der Waals surface area (Å²) in [5.74, 6) is 1.09. The lowest BCUT2D eigenvalue weighted by Gasteiger charge is -2.56. The van der Waals surface area contributed by atoms with E-state index in [1.54, 1.807) is 60.7 Å². The summed E-state index contributed by atoms with van der Waals surface area (Å²) < 4.78 is 2.07. The summed E-state index contributed by atoms with van der Waals surface area (Å²) in [6.45, 7) is 0. The molecule has 4 fully saturated rings. The molecule has 2 aromatic carbocycles. The molecule has 6 heteroatoms. The maximum atomic E-state index is 13.8. The highest BCUT2D eigenvalue weighted by atomic mass is 16.3. The number of aromatic nitrogens is 2. The Kier molecular flexibility index (Phi) is 4.87. The maximum Gasteiger partial charge on any atom is 0.343 e. The predicted octanol–water partition coefficient (Wildman–Crippen LogP) is 4.48. The Morgan fingerprint density at radius 3 is 1.76 bits per heavy atom. The first-order valence-corrected chi connectivity index (χ1v) is 12.2. The molecule has 0 amide bonds. The van der Waals surface area contributed by atoms with Crippen LogP contribution in [0.4, 0.5) is 0 Å². The van der Waals surface area contributed by atoms with Crippen LogP contribution in [0, 0.1) is 23.2 Å². The number of carbonyl (C=O) groups is 1. The van der Waals surface area contributed by atoms with Crippen molar-refractivity contribution < 1.29 is 9.90 Å². The van der Waals surface area contributed by atoms with E-state index in [1.807, 2.05) is 0 Å². The van der Waals surface area contributed by atoms with Gasteiger partial charge in [0.05, 0.1) is 11.4 Å². The molecule has 7 rings (SSSR count). The fourth-order valence-corrected chi connectivity index (χ4v) is 7.39. The van der Waals surface area contributed by atoms with Crippen LogP contribution in [0.2, 0.25) is 0 Å². The predicted molar refractivity (Wildman–Crippen MR) is 129 cm³/mol. The van der Waals surface area contributed by atoms with Crippen molar-refractivity contribution in [2.45, 2.75) is 44.9 Å². The largest absolute Gasteiger partial charge is 0.493 e. The molecular formula is C28H28N2O4. The standard InChI is InChI=1S/C28H28N2O4/c31-23(17-28-14-18-11-19(15-28)13-20(12-18)16-28)24-25(32)29(21-7-3-1-4-8-21)27(34)30(26(24)33)22-9-5-2-6-10-22/h1-10,18-20,32H,11-17H2. The smallest absolute Gasteiger partial charge is 0.343 e. The number of hydrogen-bond donors (Lipinski definition) is 1. The zero-order valence-electron chi connectivity index (χ0n) is 19.0. The van der Waals surface area contributed by atoms with E-state index in [0.717, 1.165) is 28.4 Å². The summed E-state index contributed by atoms with van der Waals surface area (Å²) in [5, 5.41) is 11.2. The summed E-state index contributed by atoms with van der Waals surface area (Å²) in [4.78, 5) is 40.8. The van der Waals surface area contributed by atoms with Crippen molar-refractivity contribution in [3.8, 4) is 17.3 Å². The molecule has 3 aromatic rings. The second-order valence-electron chi connectivity index (χ2n) is 10.6. The second-order valence-corrected chi connectivity index (χ2v) is 10.6. The highest BCUT2D eigenvalue weighted by Gasteiger charge is 2.51. The monoisotopic (exact) mass is 456 g/mol. The van der Waals surface area contributed by atoms with Crippen molar-refractivity contribution in [1.29, 1.82) is 0 Å². The minimum Gasteiger partial charge on any atom is -0.493 e. The van der Waals surface area contributed by atoms with Gasteiger partial charge in [-0.15, -0.1) is 0 Å². The van der Waals surface area contributed by atoms with Gasteiger partial charge < -0.3 is 5.11 Å². The molecular weight excluding hydrogens is 428 g/mol. The number of ketones is 1. The van der Waals surface area contributed by atoms with E-state index in [1.165, 1.54) is 19.3 Å². The summed E-state index contributed by atoms with van der Waals surface area (Å²) in [7, 11) is 0. The van der Waals surface area contributed by atoms with E-state index >= 15 is 0 Å². The van der Waals surface area contributed by atoms with E-state index < -0.39 is 17.1 Å². The van der Waals surface area contributed by atoms with E-state index in [0.29, 0.717) is 29.1 Å². The Bertz CT molecular complexity index is 1340. The summed E-state index contributed by atoms with van der Waals surface area (Å²) >= 11 is 0. The lowest BCUT2D eigenvalue weighted by Crippen LogP contribution is -2.47. The zero-order valence-corrected chi connectivity index (χ0v) is 19.0. The van der Waals surface area contributed by atoms with Gasteiger partial charge in [0.2, 0.25) is 5.88 Å². The van der Waals surface area contributed by atoms with Crippen LogP contribution in [0.3, 0.4) is 0 Å². The molecule has 6 nitrogen and oxygen atoms in total. The molecule has 4 bridgehead atoms. The molecule has 174 valence electrons. The third-order valence-corrected chi connectivity index (χ3v) is 8.24. The number of Topliss-reactive ketones (excluding diaryl/α,β-unsaturated/α-hetero) is 1. The molecule has 4 saturated carbocycles. The van der Waals surface area contributed by atoms with E-state index in [9.17, 15) is 19.5 Å². The van der Waals surface area contributed by atoms with Crippen molar-refractivity contribution >= 4 is 5.78 Å². The number of carbonyl (C=O) groups excluding carboxylic acids is 1. The molecule has 1 heterocycles. The topological polar surface area (TPSA) is 81.3 Å².